The zero-order valence-electron chi connectivity index (χ0n) is 16.0. The molecule has 27 heavy (non-hydrogen) atoms. The van der Waals surface area contributed by atoms with E-state index in [1.54, 1.807) is 19.5 Å². The molecule has 7 nitrogen and oxygen atoms in total. The molecule has 0 bridgehead atoms. The van der Waals surface area contributed by atoms with E-state index in [2.05, 4.69) is 39.2 Å². The third-order valence-corrected chi connectivity index (χ3v) is 4.72. The summed E-state index contributed by atoms with van der Waals surface area (Å²) in [4.78, 5) is 25.3. The van der Waals surface area contributed by atoms with Gasteiger partial charge in [-0.15, -0.1) is 0 Å². The van der Waals surface area contributed by atoms with Crippen molar-refractivity contribution < 1.29 is 9.53 Å². The SMILES string of the molecule is CCCCNc1ncc(C(=O)N2CCN(c3ccc(OC)cc3)CC2)cn1. The molecule has 1 aliphatic heterocycles. The number of carbonyl (C=O) groups is 1. The van der Waals surface area contributed by atoms with Crippen molar-refractivity contribution in [1.82, 2.24) is 14.9 Å². The monoisotopic (exact) mass is 369 g/mol. The number of carbonyl (C=O) groups excluding carboxylic acids is 1. The molecule has 1 N–H and O–H groups in total. The lowest BCUT2D eigenvalue weighted by Gasteiger charge is -2.36. The van der Waals surface area contributed by atoms with Gasteiger partial charge in [0.05, 0.1) is 12.7 Å². The second-order valence-electron chi connectivity index (χ2n) is 6.55. The van der Waals surface area contributed by atoms with Crippen molar-refractivity contribution in [1.29, 1.82) is 0 Å². The van der Waals surface area contributed by atoms with E-state index in [4.69, 9.17) is 4.74 Å². The van der Waals surface area contributed by atoms with Crippen LogP contribution in [0.5, 0.6) is 5.75 Å². The molecule has 1 amide bonds. The number of methoxy groups -OCH3 is 1. The van der Waals surface area contributed by atoms with Gasteiger partial charge in [-0.3, -0.25) is 4.79 Å². The summed E-state index contributed by atoms with van der Waals surface area (Å²) >= 11 is 0. The Balaban J connectivity index is 1.53. The number of rotatable bonds is 7. The first-order valence-electron chi connectivity index (χ1n) is 9.45. The molecule has 144 valence electrons. The number of hydrogen-bond acceptors (Lipinski definition) is 6. The smallest absolute Gasteiger partial charge is 0.257 e. The molecular formula is C20H27N5O2. The fraction of sp³-hybridized carbons (Fsp3) is 0.450. The van der Waals surface area contributed by atoms with Crippen molar-refractivity contribution in [2.45, 2.75) is 19.8 Å². The lowest BCUT2D eigenvalue weighted by Crippen LogP contribution is -2.48. The molecule has 0 spiro atoms. The maximum Gasteiger partial charge on any atom is 0.257 e. The molecule has 1 aliphatic rings. The van der Waals surface area contributed by atoms with Crippen LogP contribution in [0.2, 0.25) is 0 Å². The van der Waals surface area contributed by atoms with E-state index >= 15 is 0 Å². The Kier molecular flexibility index (Phi) is 6.46. The minimum absolute atomic E-state index is 0.00973. The van der Waals surface area contributed by atoms with Crippen molar-refractivity contribution in [2.75, 3.05) is 50.1 Å². The summed E-state index contributed by atoms with van der Waals surface area (Å²) < 4.78 is 5.20. The summed E-state index contributed by atoms with van der Waals surface area (Å²) in [5.41, 5.74) is 1.68. The molecule has 0 unspecified atom stereocenters. The first kappa shape index (κ1) is 18.9. The predicted octanol–water partition coefficient (Wildman–Crippen LogP) is 2.66. The first-order chi connectivity index (χ1) is 13.2. The van der Waals surface area contributed by atoms with E-state index in [9.17, 15) is 4.79 Å². The molecule has 7 heteroatoms. The number of amides is 1. The molecule has 1 aromatic carbocycles. The summed E-state index contributed by atoms with van der Waals surface area (Å²) in [7, 11) is 1.66. The number of nitrogens with zero attached hydrogens (tertiary/aromatic N) is 4. The Morgan fingerprint density at radius 1 is 1.11 bits per heavy atom. The van der Waals surface area contributed by atoms with Gasteiger partial charge < -0.3 is 19.9 Å². The summed E-state index contributed by atoms with van der Waals surface area (Å²) in [6, 6.07) is 8.02. The maximum atomic E-state index is 12.7. The number of ether oxygens (including phenoxy) is 1. The van der Waals surface area contributed by atoms with Gasteiger partial charge in [0.2, 0.25) is 5.95 Å². The number of piperazine rings is 1. The highest BCUT2D eigenvalue weighted by Crippen LogP contribution is 2.21. The molecule has 1 saturated heterocycles. The van der Waals surface area contributed by atoms with E-state index in [1.165, 1.54) is 0 Å². The maximum absolute atomic E-state index is 12.7. The summed E-state index contributed by atoms with van der Waals surface area (Å²) in [5, 5.41) is 3.16. The Bertz CT molecular complexity index is 725. The van der Waals surface area contributed by atoms with Gasteiger partial charge in [-0.05, 0) is 30.7 Å². The number of anilines is 2. The first-order valence-corrected chi connectivity index (χ1v) is 9.45. The van der Waals surface area contributed by atoms with Crippen LogP contribution in [-0.2, 0) is 0 Å². The van der Waals surface area contributed by atoms with E-state index in [0.717, 1.165) is 43.9 Å². The van der Waals surface area contributed by atoms with Crippen LogP contribution in [0.25, 0.3) is 0 Å². The van der Waals surface area contributed by atoms with Crippen LogP contribution in [0, 0.1) is 0 Å². The predicted molar refractivity (Wildman–Crippen MR) is 107 cm³/mol. The lowest BCUT2D eigenvalue weighted by molar-refractivity contribution is 0.0746. The Morgan fingerprint density at radius 2 is 1.78 bits per heavy atom. The molecular weight excluding hydrogens is 342 g/mol. The second-order valence-corrected chi connectivity index (χ2v) is 6.55. The third kappa shape index (κ3) is 4.87. The van der Waals surface area contributed by atoms with Gasteiger partial charge in [0, 0.05) is 50.8 Å². The van der Waals surface area contributed by atoms with Crippen LogP contribution < -0.4 is 15.0 Å². The molecule has 2 aromatic rings. The van der Waals surface area contributed by atoms with Gasteiger partial charge in [-0.1, -0.05) is 13.3 Å². The molecule has 3 rings (SSSR count). The van der Waals surface area contributed by atoms with Gasteiger partial charge in [-0.25, -0.2) is 9.97 Å². The lowest BCUT2D eigenvalue weighted by atomic mass is 10.2. The molecule has 1 aromatic heterocycles. The average Bonchev–Trinajstić information content (AvgIpc) is 2.74. The molecule has 1 fully saturated rings. The molecule has 0 atom stereocenters. The molecule has 2 heterocycles. The Morgan fingerprint density at radius 3 is 2.37 bits per heavy atom. The van der Waals surface area contributed by atoms with Gasteiger partial charge in [0.1, 0.15) is 5.75 Å². The van der Waals surface area contributed by atoms with Crippen LogP contribution in [0.1, 0.15) is 30.1 Å². The van der Waals surface area contributed by atoms with Crippen molar-refractivity contribution in [2.24, 2.45) is 0 Å². The summed E-state index contributed by atoms with van der Waals surface area (Å²) in [5.74, 6) is 1.41. The summed E-state index contributed by atoms with van der Waals surface area (Å²) in [6.07, 6.45) is 5.41. The zero-order valence-corrected chi connectivity index (χ0v) is 16.0. The minimum atomic E-state index is -0.00973. The number of nitrogens with one attached hydrogen (secondary N) is 1. The van der Waals surface area contributed by atoms with Crippen molar-refractivity contribution in [3.05, 3.63) is 42.2 Å². The van der Waals surface area contributed by atoms with E-state index in [0.29, 0.717) is 24.6 Å². The van der Waals surface area contributed by atoms with Crippen LogP contribution in [0.3, 0.4) is 0 Å². The average molecular weight is 369 g/mol. The van der Waals surface area contributed by atoms with Gasteiger partial charge in [0.25, 0.3) is 5.91 Å². The Hall–Kier alpha value is -2.83. The number of benzene rings is 1. The zero-order chi connectivity index (χ0) is 19.1. The van der Waals surface area contributed by atoms with Crippen molar-refractivity contribution >= 4 is 17.5 Å². The minimum Gasteiger partial charge on any atom is -0.497 e. The van der Waals surface area contributed by atoms with E-state index in [1.807, 2.05) is 17.0 Å². The van der Waals surface area contributed by atoms with E-state index in [-0.39, 0.29) is 5.91 Å². The fourth-order valence-corrected chi connectivity index (χ4v) is 3.05. The van der Waals surface area contributed by atoms with Crippen LogP contribution in [0.4, 0.5) is 11.6 Å². The summed E-state index contributed by atoms with van der Waals surface area (Å²) in [6.45, 7) is 5.95. The number of aromatic nitrogens is 2. The van der Waals surface area contributed by atoms with Crippen molar-refractivity contribution in [3.63, 3.8) is 0 Å². The van der Waals surface area contributed by atoms with Gasteiger partial charge in [-0.2, -0.15) is 0 Å². The van der Waals surface area contributed by atoms with Gasteiger partial charge >= 0.3 is 0 Å². The quantitative estimate of drug-likeness (QED) is 0.757. The molecule has 0 aliphatic carbocycles. The van der Waals surface area contributed by atoms with Crippen LogP contribution >= 0.6 is 0 Å². The number of hydrogen-bond donors (Lipinski definition) is 1. The largest absolute Gasteiger partial charge is 0.497 e. The second kappa shape index (κ2) is 9.21. The third-order valence-electron chi connectivity index (χ3n) is 4.72. The van der Waals surface area contributed by atoms with Gasteiger partial charge in [0.15, 0.2) is 0 Å². The fourth-order valence-electron chi connectivity index (χ4n) is 3.05. The van der Waals surface area contributed by atoms with E-state index < -0.39 is 0 Å². The standard InChI is InChI=1S/C20H27N5O2/c1-3-4-9-21-20-22-14-16(15-23-20)19(26)25-12-10-24(11-13-25)17-5-7-18(27-2)8-6-17/h5-8,14-15H,3-4,9-13H2,1-2H3,(H,21,22,23). The van der Waals surface area contributed by atoms with Crippen molar-refractivity contribution in [3.8, 4) is 5.75 Å². The van der Waals surface area contributed by atoms with Crippen LogP contribution in [0.15, 0.2) is 36.7 Å². The highest BCUT2D eigenvalue weighted by atomic mass is 16.5. The molecule has 0 saturated carbocycles. The highest BCUT2D eigenvalue weighted by molar-refractivity contribution is 5.93. The highest BCUT2D eigenvalue weighted by Gasteiger charge is 2.22. The van der Waals surface area contributed by atoms with Crippen LogP contribution in [-0.4, -0.2) is 60.6 Å². The normalized spacial score (nSPS) is 14.1. The molecule has 0 radical (unpaired) electrons. The number of unbranched alkanes of at least 4 members (excludes halogenated alkanes) is 1. The Labute approximate surface area is 160 Å². The topological polar surface area (TPSA) is 70.6 Å².